The van der Waals surface area contributed by atoms with Crippen molar-refractivity contribution >= 4 is 29.7 Å². The number of hydrogen-bond acceptors (Lipinski definition) is 11. The Morgan fingerprint density at radius 2 is 1.25 bits per heavy atom. The third-order valence-corrected chi connectivity index (χ3v) is 7.84. The Hall–Kier alpha value is -2.70. The van der Waals surface area contributed by atoms with Crippen LogP contribution < -0.4 is 0 Å². The number of rotatable bonds is 9. The molecule has 15 heteroatoms. The highest BCUT2D eigenvalue weighted by atomic mass is 32.2. The van der Waals surface area contributed by atoms with Crippen molar-refractivity contribution in [3.8, 4) is 0 Å². The van der Waals surface area contributed by atoms with Gasteiger partial charge in [0.25, 0.3) is 0 Å². The van der Waals surface area contributed by atoms with Gasteiger partial charge >= 0.3 is 17.9 Å². The lowest BCUT2D eigenvalue weighted by atomic mass is 9.85. The van der Waals surface area contributed by atoms with Crippen LogP contribution >= 0.6 is 11.8 Å². The molecule has 2 heterocycles. The minimum absolute atomic E-state index is 0.0102. The molecular weight excluding hydrogens is 496 g/mol. The first-order chi connectivity index (χ1) is 17.0. The van der Waals surface area contributed by atoms with Gasteiger partial charge < -0.3 is 23.7 Å². The van der Waals surface area contributed by atoms with Crippen molar-refractivity contribution in [2.75, 3.05) is 13.2 Å². The third-order valence-electron chi connectivity index (χ3n) is 6.22. The average Bonchev–Trinajstić information content (AvgIpc) is 2.80. The standard InChI is InChI=1S/C21H32N6O8S/c1-9-15(7-31-12(4)28)34-20(10(2)17(9)24-26-22)36-21-11(3)18(25-27-23)19(33-14(6)30)16(35-21)8-32-13(5)29/h9-11,15-21H,7-8H2,1-6H3/t9-,10?,11+,15?,16+,17-,18?,19?,20-,21-/m0/s1. The molecule has 14 nitrogen and oxygen atoms in total. The molecule has 0 spiro atoms. The Morgan fingerprint density at radius 1 is 0.778 bits per heavy atom. The molecule has 10 atom stereocenters. The molecule has 0 aromatic rings. The molecule has 2 fully saturated rings. The second-order valence-corrected chi connectivity index (χ2v) is 10.1. The highest BCUT2D eigenvalue weighted by Crippen LogP contribution is 2.44. The van der Waals surface area contributed by atoms with Gasteiger partial charge in [-0.1, -0.05) is 42.8 Å². The van der Waals surface area contributed by atoms with Crippen LogP contribution in [0.1, 0.15) is 41.5 Å². The fourth-order valence-electron chi connectivity index (χ4n) is 4.34. The first-order valence-corrected chi connectivity index (χ1v) is 12.4. The number of thioether (sulfide) groups is 1. The van der Waals surface area contributed by atoms with Crippen molar-refractivity contribution in [3.63, 3.8) is 0 Å². The molecule has 0 aromatic carbocycles. The maximum atomic E-state index is 11.7. The van der Waals surface area contributed by atoms with Crippen LogP contribution in [0, 0.1) is 17.8 Å². The predicted molar refractivity (Wildman–Crippen MR) is 127 cm³/mol. The summed E-state index contributed by atoms with van der Waals surface area (Å²) < 4.78 is 28.1. The van der Waals surface area contributed by atoms with Gasteiger partial charge in [0.1, 0.15) is 36.3 Å². The summed E-state index contributed by atoms with van der Waals surface area (Å²) in [5, 5.41) is 7.83. The SMILES string of the molecule is CC(=O)OCC1O[C@@H](S[C@@H]2O[C@H](COC(C)=O)C(OC(C)=O)C(N=[N+]=[N-])[C@H]2C)C(C)[C@@H](N=[N+]=[N-])[C@H]1C. The van der Waals surface area contributed by atoms with Gasteiger partial charge in [-0.15, -0.1) is 0 Å². The van der Waals surface area contributed by atoms with Gasteiger partial charge in [-0.05, 0) is 17.0 Å². The molecule has 2 aliphatic heterocycles. The number of azide groups is 2. The third kappa shape index (κ3) is 7.65. The minimum atomic E-state index is -0.970. The first kappa shape index (κ1) is 29.5. The van der Waals surface area contributed by atoms with Crippen LogP contribution in [0.15, 0.2) is 10.2 Å². The normalized spacial score (nSPS) is 35.9. The molecule has 4 unspecified atom stereocenters. The van der Waals surface area contributed by atoms with E-state index < -0.39 is 65.1 Å². The highest BCUT2D eigenvalue weighted by molar-refractivity contribution is 8.00. The van der Waals surface area contributed by atoms with Gasteiger partial charge in [-0.2, -0.15) is 0 Å². The Labute approximate surface area is 212 Å². The fraction of sp³-hybridized carbons (Fsp3) is 0.857. The summed E-state index contributed by atoms with van der Waals surface area (Å²) >= 11 is 1.28. The average molecular weight is 529 g/mol. The van der Waals surface area contributed by atoms with Crippen LogP contribution in [0.3, 0.4) is 0 Å². The van der Waals surface area contributed by atoms with E-state index in [2.05, 4.69) is 20.1 Å². The van der Waals surface area contributed by atoms with Crippen LogP contribution in [0.25, 0.3) is 20.9 Å². The Kier molecular flexibility index (Phi) is 11.1. The van der Waals surface area contributed by atoms with Gasteiger partial charge in [0.15, 0.2) is 0 Å². The molecule has 0 radical (unpaired) electrons. The van der Waals surface area contributed by atoms with Gasteiger partial charge in [0.2, 0.25) is 0 Å². The summed E-state index contributed by atoms with van der Waals surface area (Å²) in [6, 6.07) is -1.26. The number of carbonyl (C=O) groups excluding carboxylic acids is 3. The molecule has 2 rings (SSSR count). The van der Waals surface area contributed by atoms with Crippen molar-refractivity contribution in [2.24, 2.45) is 28.0 Å². The van der Waals surface area contributed by atoms with E-state index in [1.807, 2.05) is 13.8 Å². The molecule has 0 aromatic heterocycles. The second-order valence-electron chi connectivity index (χ2n) is 8.87. The summed E-state index contributed by atoms with van der Waals surface area (Å²) in [6.07, 6.45) is -2.40. The lowest BCUT2D eigenvalue weighted by molar-refractivity contribution is -0.183. The molecule has 0 aliphatic carbocycles. The van der Waals surface area contributed by atoms with Crippen molar-refractivity contribution in [1.29, 1.82) is 0 Å². The maximum absolute atomic E-state index is 11.7. The zero-order chi connectivity index (χ0) is 27.0. The van der Waals surface area contributed by atoms with E-state index in [1.54, 1.807) is 6.92 Å². The summed E-state index contributed by atoms with van der Waals surface area (Å²) in [7, 11) is 0. The quantitative estimate of drug-likeness (QED) is 0.141. The summed E-state index contributed by atoms with van der Waals surface area (Å²) in [5.74, 6) is -2.52. The van der Waals surface area contributed by atoms with Crippen LogP contribution in [0.2, 0.25) is 0 Å². The molecule has 0 N–H and O–H groups in total. The molecule has 200 valence electrons. The Bertz CT molecular complexity index is 911. The predicted octanol–water partition coefficient (Wildman–Crippen LogP) is 3.49. The lowest BCUT2D eigenvalue weighted by Crippen LogP contribution is -2.56. The Morgan fingerprint density at radius 3 is 1.75 bits per heavy atom. The zero-order valence-corrected chi connectivity index (χ0v) is 21.9. The van der Waals surface area contributed by atoms with Crippen molar-refractivity contribution in [3.05, 3.63) is 20.9 Å². The Balaban J connectivity index is 2.33. The highest BCUT2D eigenvalue weighted by Gasteiger charge is 2.49. The van der Waals surface area contributed by atoms with Crippen molar-refractivity contribution in [2.45, 2.75) is 82.8 Å². The molecular formula is C21H32N6O8S. The molecule has 2 aliphatic rings. The van der Waals surface area contributed by atoms with E-state index >= 15 is 0 Å². The largest absolute Gasteiger partial charge is 0.463 e. The van der Waals surface area contributed by atoms with Gasteiger partial charge in [-0.25, -0.2) is 0 Å². The fourth-order valence-corrected chi connectivity index (χ4v) is 5.84. The monoisotopic (exact) mass is 528 g/mol. The van der Waals surface area contributed by atoms with Crippen LogP contribution in [0.5, 0.6) is 0 Å². The van der Waals surface area contributed by atoms with Gasteiger partial charge in [-0.3, -0.25) is 14.4 Å². The van der Waals surface area contributed by atoms with E-state index in [0.717, 1.165) is 0 Å². The minimum Gasteiger partial charge on any atom is -0.463 e. The van der Waals surface area contributed by atoms with E-state index in [1.165, 1.54) is 32.5 Å². The number of hydrogen-bond donors (Lipinski definition) is 0. The lowest BCUT2D eigenvalue weighted by Gasteiger charge is -2.47. The van der Waals surface area contributed by atoms with E-state index in [-0.39, 0.29) is 25.0 Å². The van der Waals surface area contributed by atoms with Crippen LogP contribution in [0.4, 0.5) is 0 Å². The maximum Gasteiger partial charge on any atom is 0.303 e. The summed E-state index contributed by atoms with van der Waals surface area (Å²) in [6.45, 7) is 9.05. The molecule has 0 saturated carbocycles. The summed E-state index contributed by atoms with van der Waals surface area (Å²) in [4.78, 5) is 40.4. The van der Waals surface area contributed by atoms with E-state index in [4.69, 9.17) is 29.2 Å². The van der Waals surface area contributed by atoms with E-state index in [9.17, 15) is 19.9 Å². The van der Waals surface area contributed by atoms with Crippen molar-refractivity contribution in [1.82, 2.24) is 0 Å². The van der Waals surface area contributed by atoms with Gasteiger partial charge in [0.05, 0.1) is 12.1 Å². The molecule has 0 bridgehead atoms. The number of carbonyl (C=O) groups is 3. The summed E-state index contributed by atoms with van der Waals surface area (Å²) in [5.41, 5.74) is 17.1. The molecule has 2 saturated heterocycles. The van der Waals surface area contributed by atoms with Crippen LogP contribution in [-0.2, 0) is 38.1 Å². The molecule has 0 amide bonds. The second kappa shape index (κ2) is 13.6. The van der Waals surface area contributed by atoms with Gasteiger partial charge in [0, 0.05) is 48.5 Å². The number of nitrogens with zero attached hydrogens (tertiary/aromatic N) is 6. The zero-order valence-electron chi connectivity index (χ0n) is 21.0. The number of ether oxygens (including phenoxy) is 5. The van der Waals surface area contributed by atoms with E-state index in [0.29, 0.717) is 0 Å². The van der Waals surface area contributed by atoms with Crippen molar-refractivity contribution < 1.29 is 38.1 Å². The molecule has 36 heavy (non-hydrogen) atoms. The van der Waals surface area contributed by atoms with Crippen LogP contribution in [-0.4, -0.2) is 72.4 Å². The first-order valence-electron chi connectivity index (χ1n) is 11.5. The smallest absolute Gasteiger partial charge is 0.303 e. The topological polar surface area (TPSA) is 195 Å². The number of esters is 3.